The van der Waals surface area contributed by atoms with Crippen molar-refractivity contribution in [3.05, 3.63) is 29.8 Å². The van der Waals surface area contributed by atoms with Gasteiger partial charge in [-0.3, -0.25) is 0 Å². The first kappa shape index (κ1) is 10.4. The van der Waals surface area contributed by atoms with Crippen LogP contribution in [0.25, 0.3) is 11.4 Å². The summed E-state index contributed by atoms with van der Waals surface area (Å²) in [5.74, 6) is 1.05. The van der Waals surface area contributed by atoms with E-state index in [0.717, 1.165) is 5.56 Å². The fourth-order valence-corrected chi connectivity index (χ4v) is 2.47. The van der Waals surface area contributed by atoms with Gasteiger partial charge < -0.3 is 5.73 Å². The maximum Gasteiger partial charge on any atom is 0.204 e. The minimum Gasteiger partial charge on any atom is -0.327 e. The van der Waals surface area contributed by atoms with E-state index in [-0.39, 0.29) is 11.5 Å². The summed E-state index contributed by atoms with van der Waals surface area (Å²) in [4.78, 5) is 0. The molecule has 1 saturated carbocycles. The predicted octanol–water partition coefficient (Wildman–Crippen LogP) is 1.32. The third-order valence-electron chi connectivity index (χ3n) is 3.76. The highest BCUT2D eigenvalue weighted by Crippen LogP contribution is 2.57. The number of aromatic amines is 1. The number of aromatic nitrogens is 4. The highest BCUT2D eigenvalue weighted by molar-refractivity contribution is 5.56. The van der Waals surface area contributed by atoms with Crippen molar-refractivity contribution < 1.29 is 0 Å². The van der Waals surface area contributed by atoms with Crippen LogP contribution < -0.4 is 5.73 Å². The van der Waals surface area contributed by atoms with Crippen molar-refractivity contribution in [2.24, 2.45) is 11.1 Å². The Hall–Kier alpha value is -1.75. The molecule has 1 aliphatic carbocycles. The van der Waals surface area contributed by atoms with Crippen molar-refractivity contribution >= 4 is 0 Å². The van der Waals surface area contributed by atoms with Crippen LogP contribution in [0, 0.1) is 5.41 Å². The monoisotopic (exact) mass is 229 g/mol. The maximum absolute atomic E-state index is 6.10. The highest BCUT2D eigenvalue weighted by Gasteiger charge is 2.56. The van der Waals surface area contributed by atoms with Gasteiger partial charge in [-0.05, 0) is 22.3 Å². The molecule has 2 atom stereocenters. The molecule has 1 aliphatic rings. The van der Waals surface area contributed by atoms with Gasteiger partial charge in [-0.2, -0.15) is 5.21 Å². The van der Waals surface area contributed by atoms with Crippen molar-refractivity contribution in [3.8, 4) is 11.4 Å². The second kappa shape index (κ2) is 3.37. The average molecular weight is 229 g/mol. The molecule has 0 aliphatic heterocycles. The topological polar surface area (TPSA) is 80.5 Å². The Morgan fingerprint density at radius 2 is 2.12 bits per heavy atom. The molecule has 0 radical (unpaired) electrons. The van der Waals surface area contributed by atoms with E-state index in [1.165, 1.54) is 5.56 Å². The van der Waals surface area contributed by atoms with Crippen LogP contribution in [0.15, 0.2) is 24.3 Å². The summed E-state index contributed by atoms with van der Waals surface area (Å²) in [6.07, 6.45) is 0. The summed E-state index contributed by atoms with van der Waals surface area (Å²) >= 11 is 0. The summed E-state index contributed by atoms with van der Waals surface area (Å²) in [6.45, 7) is 4.40. The van der Waals surface area contributed by atoms with Gasteiger partial charge in [0.05, 0.1) is 0 Å². The Morgan fingerprint density at radius 3 is 2.71 bits per heavy atom. The lowest BCUT2D eigenvalue weighted by molar-refractivity contribution is 0.599. The molecule has 88 valence electrons. The van der Waals surface area contributed by atoms with E-state index in [1.54, 1.807) is 0 Å². The third-order valence-corrected chi connectivity index (χ3v) is 3.76. The molecule has 1 aromatic carbocycles. The number of nitrogens with two attached hydrogens (primary N) is 1. The first-order valence-corrected chi connectivity index (χ1v) is 5.70. The zero-order chi connectivity index (χ0) is 12.0. The fourth-order valence-electron chi connectivity index (χ4n) is 2.47. The molecule has 2 aromatic rings. The smallest absolute Gasteiger partial charge is 0.204 e. The van der Waals surface area contributed by atoms with E-state index in [2.05, 4.69) is 46.6 Å². The Morgan fingerprint density at radius 1 is 1.35 bits per heavy atom. The maximum atomic E-state index is 6.10. The van der Waals surface area contributed by atoms with Crippen LogP contribution in [0.4, 0.5) is 0 Å². The third kappa shape index (κ3) is 1.54. The summed E-state index contributed by atoms with van der Waals surface area (Å²) in [6, 6.07) is 8.45. The summed E-state index contributed by atoms with van der Waals surface area (Å²) in [5.41, 5.74) is 8.52. The predicted molar refractivity (Wildman–Crippen MR) is 64.1 cm³/mol. The molecule has 0 saturated heterocycles. The zero-order valence-electron chi connectivity index (χ0n) is 9.88. The Kier molecular flexibility index (Phi) is 2.06. The standard InChI is InChI=1S/C12H15N5/c1-12(2)9(10(12)13)7-4-3-5-8(6-7)11-14-16-17-15-11/h3-6,9-10H,13H2,1-2H3,(H,14,15,16,17)/t9-,10-/m1/s1. The first-order chi connectivity index (χ1) is 8.10. The van der Waals surface area contributed by atoms with Gasteiger partial charge >= 0.3 is 0 Å². The van der Waals surface area contributed by atoms with Crippen molar-refractivity contribution in [3.63, 3.8) is 0 Å². The van der Waals surface area contributed by atoms with Gasteiger partial charge in [-0.1, -0.05) is 32.0 Å². The lowest BCUT2D eigenvalue weighted by atomic mass is 10.0. The van der Waals surface area contributed by atoms with Gasteiger partial charge in [0.2, 0.25) is 5.82 Å². The lowest BCUT2D eigenvalue weighted by Crippen LogP contribution is -2.06. The summed E-state index contributed by atoms with van der Waals surface area (Å²) in [7, 11) is 0. The molecule has 3 rings (SSSR count). The highest BCUT2D eigenvalue weighted by atomic mass is 15.5. The number of tetrazole rings is 1. The minimum absolute atomic E-state index is 0.190. The molecule has 0 amide bonds. The molecule has 3 N–H and O–H groups in total. The van der Waals surface area contributed by atoms with E-state index < -0.39 is 0 Å². The van der Waals surface area contributed by atoms with E-state index in [4.69, 9.17) is 5.73 Å². The molecule has 17 heavy (non-hydrogen) atoms. The molecule has 0 spiro atoms. The Bertz CT molecular complexity index is 532. The van der Waals surface area contributed by atoms with E-state index >= 15 is 0 Å². The number of H-pyrrole nitrogens is 1. The number of rotatable bonds is 2. The number of nitrogens with one attached hydrogen (secondary N) is 1. The largest absolute Gasteiger partial charge is 0.327 e. The number of hydrogen-bond acceptors (Lipinski definition) is 4. The normalized spacial score (nSPS) is 25.8. The van der Waals surface area contributed by atoms with Crippen LogP contribution >= 0.6 is 0 Å². The molecule has 0 unspecified atom stereocenters. The average Bonchev–Trinajstić information content (AvgIpc) is 2.76. The second-order valence-electron chi connectivity index (χ2n) is 5.19. The molecule has 1 aromatic heterocycles. The molecular weight excluding hydrogens is 214 g/mol. The molecule has 1 fully saturated rings. The molecule has 5 nitrogen and oxygen atoms in total. The SMILES string of the molecule is CC1(C)[C@H](N)[C@H]1c1cccc(-c2nn[nH]n2)c1. The van der Waals surface area contributed by atoms with Crippen LogP contribution in [0.1, 0.15) is 25.3 Å². The minimum atomic E-state index is 0.190. The van der Waals surface area contributed by atoms with Crippen LogP contribution in [0.3, 0.4) is 0 Å². The van der Waals surface area contributed by atoms with E-state index in [0.29, 0.717) is 11.7 Å². The summed E-state index contributed by atoms with van der Waals surface area (Å²) in [5, 5.41) is 14.0. The van der Waals surface area contributed by atoms with Crippen LogP contribution in [-0.2, 0) is 0 Å². The van der Waals surface area contributed by atoms with Gasteiger partial charge in [0.25, 0.3) is 0 Å². The van der Waals surface area contributed by atoms with Gasteiger partial charge in [0.15, 0.2) is 0 Å². The van der Waals surface area contributed by atoms with Gasteiger partial charge in [0, 0.05) is 17.5 Å². The van der Waals surface area contributed by atoms with Crippen molar-refractivity contribution in [1.29, 1.82) is 0 Å². The quantitative estimate of drug-likeness (QED) is 0.813. The van der Waals surface area contributed by atoms with Crippen LogP contribution in [0.5, 0.6) is 0 Å². The molecular formula is C12H15N5. The number of benzene rings is 1. The van der Waals surface area contributed by atoms with Crippen molar-refractivity contribution in [1.82, 2.24) is 20.6 Å². The Labute approximate surface area is 99.4 Å². The van der Waals surface area contributed by atoms with Gasteiger partial charge in [-0.25, -0.2) is 0 Å². The van der Waals surface area contributed by atoms with E-state index in [9.17, 15) is 0 Å². The summed E-state index contributed by atoms with van der Waals surface area (Å²) < 4.78 is 0. The second-order valence-corrected chi connectivity index (χ2v) is 5.19. The Balaban J connectivity index is 1.96. The van der Waals surface area contributed by atoms with Crippen molar-refractivity contribution in [2.45, 2.75) is 25.8 Å². The first-order valence-electron chi connectivity index (χ1n) is 5.70. The lowest BCUT2D eigenvalue weighted by Gasteiger charge is -2.04. The van der Waals surface area contributed by atoms with E-state index in [1.807, 2.05) is 12.1 Å². The molecule has 1 heterocycles. The zero-order valence-corrected chi connectivity index (χ0v) is 9.88. The number of nitrogens with zero attached hydrogens (tertiary/aromatic N) is 3. The fraction of sp³-hybridized carbons (Fsp3) is 0.417. The van der Waals surface area contributed by atoms with Crippen LogP contribution in [0.2, 0.25) is 0 Å². The van der Waals surface area contributed by atoms with Crippen LogP contribution in [-0.4, -0.2) is 26.7 Å². The number of hydrogen-bond donors (Lipinski definition) is 2. The van der Waals surface area contributed by atoms with Crippen molar-refractivity contribution in [2.75, 3.05) is 0 Å². The molecule has 0 bridgehead atoms. The van der Waals surface area contributed by atoms with Gasteiger partial charge in [0.1, 0.15) is 0 Å². The van der Waals surface area contributed by atoms with Gasteiger partial charge in [-0.15, -0.1) is 10.2 Å². The molecule has 5 heteroatoms.